The minimum atomic E-state index is -0.750. The summed E-state index contributed by atoms with van der Waals surface area (Å²) in [7, 11) is 0. The minimum absolute atomic E-state index is 0.0717. The molecule has 3 aliphatic rings. The molecular formula is C18H22O3. The highest BCUT2D eigenvalue weighted by molar-refractivity contribution is 5.91. The molecule has 1 aromatic rings. The Balaban J connectivity index is 1.73. The quantitative estimate of drug-likeness (QED) is 0.771. The number of phenolic OH excluding ortho intramolecular Hbond substituents is 1. The molecule has 1 unspecified atom stereocenters. The molecule has 0 aliphatic heterocycles. The first kappa shape index (κ1) is 13.3. The van der Waals surface area contributed by atoms with Crippen LogP contribution in [0.4, 0.5) is 0 Å². The van der Waals surface area contributed by atoms with Gasteiger partial charge in [-0.05, 0) is 73.1 Å². The third-order valence-electron chi connectivity index (χ3n) is 6.44. The summed E-state index contributed by atoms with van der Waals surface area (Å²) in [6.07, 6.45) is 3.84. The predicted octanol–water partition coefficient (Wildman–Crippen LogP) is 2.79. The summed E-state index contributed by atoms with van der Waals surface area (Å²) < 4.78 is 0. The van der Waals surface area contributed by atoms with Crippen molar-refractivity contribution >= 4 is 5.78 Å². The summed E-state index contributed by atoms with van der Waals surface area (Å²) in [6, 6.07) is 5.75. The highest BCUT2D eigenvalue weighted by atomic mass is 16.3. The number of phenols is 1. The van der Waals surface area contributed by atoms with Crippen LogP contribution in [0.5, 0.6) is 5.75 Å². The van der Waals surface area contributed by atoms with E-state index in [-0.39, 0.29) is 11.2 Å². The average molecular weight is 286 g/mol. The fourth-order valence-electron chi connectivity index (χ4n) is 5.36. The molecule has 2 fully saturated rings. The van der Waals surface area contributed by atoms with Crippen molar-refractivity contribution in [3.8, 4) is 5.75 Å². The molecule has 112 valence electrons. The van der Waals surface area contributed by atoms with Crippen molar-refractivity contribution in [1.82, 2.24) is 0 Å². The molecule has 3 heteroatoms. The van der Waals surface area contributed by atoms with E-state index in [0.29, 0.717) is 29.9 Å². The molecule has 5 atom stereocenters. The molecule has 3 aliphatic carbocycles. The zero-order valence-corrected chi connectivity index (χ0v) is 12.4. The lowest BCUT2D eigenvalue weighted by molar-refractivity contribution is -0.134. The maximum Gasteiger partial charge on any atom is 0.167 e. The van der Waals surface area contributed by atoms with E-state index in [1.165, 1.54) is 11.1 Å². The summed E-state index contributed by atoms with van der Waals surface area (Å²) >= 11 is 0. The number of hydrogen-bond acceptors (Lipinski definition) is 3. The van der Waals surface area contributed by atoms with Crippen LogP contribution in [0.3, 0.4) is 0 Å². The topological polar surface area (TPSA) is 57.5 Å². The molecule has 0 bridgehead atoms. The molecule has 0 radical (unpaired) electrons. The maximum atomic E-state index is 12.3. The highest BCUT2D eigenvalue weighted by Gasteiger charge is 2.57. The first-order valence-corrected chi connectivity index (χ1v) is 8.05. The van der Waals surface area contributed by atoms with Gasteiger partial charge in [-0.2, -0.15) is 0 Å². The van der Waals surface area contributed by atoms with Crippen molar-refractivity contribution in [2.75, 3.05) is 0 Å². The number of aliphatic hydroxyl groups excluding tert-OH is 1. The number of carbonyl (C=O) groups excluding carboxylic acids is 1. The second-order valence-corrected chi connectivity index (χ2v) is 7.37. The Morgan fingerprint density at radius 1 is 1.29 bits per heavy atom. The molecule has 0 heterocycles. The summed E-state index contributed by atoms with van der Waals surface area (Å²) in [5.41, 5.74) is 2.32. The van der Waals surface area contributed by atoms with Crippen LogP contribution in [0.15, 0.2) is 18.2 Å². The Morgan fingerprint density at radius 3 is 2.90 bits per heavy atom. The molecule has 3 nitrogen and oxygen atoms in total. The minimum Gasteiger partial charge on any atom is -0.508 e. The molecular weight excluding hydrogens is 264 g/mol. The molecule has 0 aromatic heterocycles. The summed E-state index contributed by atoms with van der Waals surface area (Å²) in [6.45, 7) is 2.07. The largest absolute Gasteiger partial charge is 0.508 e. The third-order valence-corrected chi connectivity index (χ3v) is 6.44. The van der Waals surface area contributed by atoms with E-state index in [2.05, 4.69) is 13.0 Å². The number of carbonyl (C=O) groups is 1. The Morgan fingerprint density at radius 2 is 2.10 bits per heavy atom. The van der Waals surface area contributed by atoms with Crippen molar-refractivity contribution in [2.45, 2.75) is 51.0 Å². The zero-order valence-electron chi connectivity index (χ0n) is 12.4. The van der Waals surface area contributed by atoms with Crippen LogP contribution in [-0.4, -0.2) is 22.1 Å². The van der Waals surface area contributed by atoms with E-state index < -0.39 is 6.10 Å². The van der Waals surface area contributed by atoms with Crippen molar-refractivity contribution in [2.24, 2.45) is 17.3 Å². The van der Waals surface area contributed by atoms with Crippen LogP contribution in [-0.2, 0) is 11.2 Å². The first-order chi connectivity index (χ1) is 10.0. The van der Waals surface area contributed by atoms with E-state index in [9.17, 15) is 15.0 Å². The van der Waals surface area contributed by atoms with Gasteiger partial charge in [-0.3, -0.25) is 4.79 Å². The monoisotopic (exact) mass is 286 g/mol. The van der Waals surface area contributed by atoms with Gasteiger partial charge < -0.3 is 10.2 Å². The van der Waals surface area contributed by atoms with E-state index in [4.69, 9.17) is 0 Å². The fourth-order valence-corrected chi connectivity index (χ4v) is 5.36. The van der Waals surface area contributed by atoms with Gasteiger partial charge in [0.25, 0.3) is 0 Å². The van der Waals surface area contributed by atoms with Crippen molar-refractivity contribution < 1.29 is 15.0 Å². The fraction of sp³-hybridized carbons (Fsp3) is 0.611. The summed E-state index contributed by atoms with van der Waals surface area (Å²) in [5.74, 6) is 1.73. The number of ketones is 1. The Labute approximate surface area is 125 Å². The number of Topliss-reactive ketones (excluding diaryl/α,β-unsaturated/α-hetero) is 1. The van der Waals surface area contributed by atoms with Crippen molar-refractivity contribution in [1.29, 1.82) is 0 Å². The molecule has 4 rings (SSSR count). The Hall–Kier alpha value is -1.35. The molecule has 2 saturated carbocycles. The zero-order chi connectivity index (χ0) is 14.8. The normalized spacial score (nSPS) is 41.3. The lowest BCUT2D eigenvalue weighted by atomic mass is 9.55. The molecule has 1 aromatic carbocycles. The van der Waals surface area contributed by atoms with Crippen LogP contribution in [0.25, 0.3) is 0 Å². The van der Waals surface area contributed by atoms with Gasteiger partial charge in [0.1, 0.15) is 11.9 Å². The van der Waals surface area contributed by atoms with E-state index in [1.54, 1.807) is 6.07 Å². The molecule has 0 spiro atoms. The lowest BCUT2D eigenvalue weighted by Crippen LogP contribution is -2.42. The molecule has 0 amide bonds. The molecule has 0 saturated heterocycles. The maximum absolute atomic E-state index is 12.3. The molecule has 2 N–H and O–H groups in total. The van der Waals surface area contributed by atoms with Gasteiger partial charge in [-0.15, -0.1) is 0 Å². The number of aliphatic hydroxyl groups is 1. The van der Waals surface area contributed by atoms with Gasteiger partial charge in [0.05, 0.1) is 0 Å². The van der Waals surface area contributed by atoms with Crippen molar-refractivity contribution in [3.05, 3.63) is 29.3 Å². The van der Waals surface area contributed by atoms with Crippen molar-refractivity contribution in [3.63, 3.8) is 0 Å². The lowest BCUT2D eigenvalue weighted by Gasteiger charge is -2.48. The number of aryl methyl sites for hydroxylation is 1. The van der Waals surface area contributed by atoms with Crippen LogP contribution >= 0.6 is 0 Å². The van der Waals surface area contributed by atoms with Gasteiger partial charge in [0.15, 0.2) is 5.78 Å². The number of rotatable bonds is 0. The smallest absolute Gasteiger partial charge is 0.167 e. The van der Waals surface area contributed by atoms with Gasteiger partial charge in [0, 0.05) is 5.41 Å². The number of fused-ring (bicyclic) bond motifs is 5. The van der Waals surface area contributed by atoms with Gasteiger partial charge >= 0.3 is 0 Å². The van der Waals surface area contributed by atoms with Crippen LogP contribution in [0, 0.1) is 17.3 Å². The molecule has 21 heavy (non-hydrogen) atoms. The van der Waals surface area contributed by atoms with Crippen LogP contribution < -0.4 is 0 Å². The second kappa shape index (κ2) is 4.33. The van der Waals surface area contributed by atoms with Gasteiger partial charge in [-0.1, -0.05) is 13.0 Å². The summed E-state index contributed by atoms with van der Waals surface area (Å²) in [5, 5.41) is 19.7. The second-order valence-electron chi connectivity index (χ2n) is 7.37. The first-order valence-electron chi connectivity index (χ1n) is 8.05. The van der Waals surface area contributed by atoms with E-state index >= 15 is 0 Å². The van der Waals surface area contributed by atoms with E-state index in [0.717, 1.165) is 25.7 Å². The average Bonchev–Trinajstić information content (AvgIpc) is 2.70. The van der Waals surface area contributed by atoms with E-state index in [1.807, 2.05) is 6.07 Å². The third kappa shape index (κ3) is 1.73. The van der Waals surface area contributed by atoms with Crippen LogP contribution in [0.1, 0.15) is 49.7 Å². The number of hydrogen-bond donors (Lipinski definition) is 2. The number of benzene rings is 1. The SMILES string of the molecule is C[C@@]12CC[C@H]3c4ccc(O)cc4CC[C@@H]3[C@H]1CC(O)C2=O. The standard InChI is InChI=1S/C18H22O3/c1-18-7-6-13-12-5-3-11(19)8-10(12)2-4-14(13)15(18)9-16(20)17(18)21/h3,5,8,13-16,19-20H,2,4,6-7,9H2,1H3/t13-,14-,15+,16?,18+/m0/s1. The van der Waals surface area contributed by atoms with Crippen LogP contribution in [0.2, 0.25) is 0 Å². The highest BCUT2D eigenvalue weighted by Crippen LogP contribution is 2.59. The number of aromatic hydroxyl groups is 1. The van der Waals surface area contributed by atoms with Gasteiger partial charge in [-0.25, -0.2) is 0 Å². The Kier molecular flexibility index (Phi) is 2.74. The Bertz CT molecular complexity index is 608. The summed E-state index contributed by atoms with van der Waals surface area (Å²) in [4.78, 5) is 12.3. The predicted molar refractivity (Wildman–Crippen MR) is 79.1 cm³/mol. The van der Waals surface area contributed by atoms with Gasteiger partial charge in [0.2, 0.25) is 0 Å².